The van der Waals surface area contributed by atoms with Gasteiger partial charge >= 0.3 is 5.97 Å². The average molecular weight is 342 g/mol. The van der Waals surface area contributed by atoms with E-state index in [1.54, 1.807) is 24.3 Å². The molecule has 1 unspecified atom stereocenters. The van der Waals surface area contributed by atoms with E-state index in [2.05, 4.69) is 0 Å². The topological polar surface area (TPSA) is 54.0 Å². The molecule has 2 aromatic carbocycles. The Morgan fingerprint density at radius 1 is 1.00 bits per heavy atom. The molecule has 0 N–H and O–H groups in total. The molecule has 1 heterocycles. The Kier molecular flexibility index (Phi) is 5.81. The van der Waals surface area contributed by atoms with Gasteiger partial charge in [0.1, 0.15) is 6.10 Å². The van der Waals surface area contributed by atoms with E-state index >= 15 is 0 Å². The van der Waals surface area contributed by atoms with Crippen LogP contribution in [0.25, 0.3) is 0 Å². The number of methoxy groups -OCH3 is 1. The van der Waals surface area contributed by atoms with Crippen LogP contribution in [0.4, 0.5) is 0 Å². The van der Waals surface area contributed by atoms with Crippen LogP contribution in [-0.4, -0.2) is 37.7 Å². The molecule has 0 aliphatic carbocycles. The maximum Gasteiger partial charge on any atom is 0.338 e. The molecule has 5 nitrogen and oxygen atoms in total. The highest BCUT2D eigenvalue weighted by atomic mass is 16.7. The van der Waals surface area contributed by atoms with E-state index in [0.29, 0.717) is 12.2 Å². The average Bonchev–Trinajstić information content (AvgIpc) is 2.96. The van der Waals surface area contributed by atoms with E-state index < -0.39 is 24.5 Å². The van der Waals surface area contributed by atoms with Crippen molar-refractivity contribution < 1.29 is 23.7 Å². The molecule has 0 amide bonds. The third-order valence-electron chi connectivity index (χ3n) is 4.17. The zero-order chi connectivity index (χ0) is 17.6. The predicted molar refractivity (Wildman–Crippen MR) is 92.0 cm³/mol. The van der Waals surface area contributed by atoms with Gasteiger partial charge in [-0.05, 0) is 24.6 Å². The highest BCUT2D eigenvalue weighted by Crippen LogP contribution is 2.28. The first-order valence-electron chi connectivity index (χ1n) is 8.29. The largest absolute Gasteiger partial charge is 0.450 e. The maximum absolute atomic E-state index is 12.4. The summed E-state index contributed by atoms with van der Waals surface area (Å²) < 4.78 is 22.7. The van der Waals surface area contributed by atoms with Gasteiger partial charge in [0.2, 0.25) is 0 Å². The molecule has 3 rings (SSSR count). The first-order chi connectivity index (χ1) is 12.2. The number of ether oxygens (including phenoxy) is 4. The van der Waals surface area contributed by atoms with Gasteiger partial charge in [-0.15, -0.1) is 0 Å². The molecule has 2 aromatic rings. The van der Waals surface area contributed by atoms with Gasteiger partial charge in [0.05, 0.1) is 18.3 Å². The Morgan fingerprint density at radius 3 is 2.28 bits per heavy atom. The third kappa shape index (κ3) is 4.25. The second-order valence-electron chi connectivity index (χ2n) is 5.94. The number of hydrogen-bond acceptors (Lipinski definition) is 5. The SMILES string of the molecule is COC1O[C@H](C)[C@@H](OCc2ccccc2)[C@H]1OC(=O)c1ccccc1. The fourth-order valence-electron chi connectivity index (χ4n) is 2.86. The minimum atomic E-state index is -0.650. The van der Waals surface area contributed by atoms with Crippen LogP contribution in [0.2, 0.25) is 0 Å². The lowest BCUT2D eigenvalue weighted by molar-refractivity contribution is -0.148. The van der Waals surface area contributed by atoms with Crippen LogP contribution in [-0.2, 0) is 25.6 Å². The fraction of sp³-hybridized carbons (Fsp3) is 0.350. The number of esters is 1. The molecule has 1 fully saturated rings. The van der Waals surface area contributed by atoms with E-state index in [-0.39, 0.29) is 6.10 Å². The highest BCUT2D eigenvalue weighted by molar-refractivity contribution is 5.89. The molecule has 0 aromatic heterocycles. The van der Waals surface area contributed by atoms with Gasteiger partial charge in [0.15, 0.2) is 12.4 Å². The second-order valence-corrected chi connectivity index (χ2v) is 5.94. The van der Waals surface area contributed by atoms with Gasteiger partial charge < -0.3 is 18.9 Å². The summed E-state index contributed by atoms with van der Waals surface area (Å²) in [6.45, 7) is 2.30. The lowest BCUT2D eigenvalue weighted by Crippen LogP contribution is -2.39. The van der Waals surface area contributed by atoms with Crippen molar-refractivity contribution in [1.29, 1.82) is 0 Å². The van der Waals surface area contributed by atoms with Crippen molar-refractivity contribution in [2.45, 2.75) is 38.1 Å². The van der Waals surface area contributed by atoms with Crippen LogP contribution < -0.4 is 0 Å². The van der Waals surface area contributed by atoms with Gasteiger partial charge in [-0.3, -0.25) is 0 Å². The maximum atomic E-state index is 12.4. The minimum Gasteiger partial charge on any atom is -0.450 e. The molecule has 132 valence electrons. The van der Waals surface area contributed by atoms with E-state index in [1.807, 2.05) is 43.3 Å². The number of rotatable bonds is 6. The van der Waals surface area contributed by atoms with Crippen LogP contribution in [0.15, 0.2) is 60.7 Å². The van der Waals surface area contributed by atoms with E-state index in [4.69, 9.17) is 18.9 Å². The van der Waals surface area contributed by atoms with Crippen molar-refractivity contribution in [3.63, 3.8) is 0 Å². The molecule has 0 spiro atoms. The van der Waals surface area contributed by atoms with Crippen molar-refractivity contribution in [1.82, 2.24) is 0 Å². The molecular weight excluding hydrogens is 320 g/mol. The second kappa shape index (κ2) is 8.25. The van der Waals surface area contributed by atoms with Crippen molar-refractivity contribution in [3.05, 3.63) is 71.8 Å². The third-order valence-corrected chi connectivity index (χ3v) is 4.17. The van der Waals surface area contributed by atoms with Crippen molar-refractivity contribution in [3.8, 4) is 0 Å². The minimum absolute atomic E-state index is 0.248. The summed E-state index contributed by atoms with van der Waals surface area (Å²) in [5.41, 5.74) is 1.53. The van der Waals surface area contributed by atoms with Gasteiger partial charge in [-0.1, -0.05) is 48.5 Å². The van der Waals surface area contributed by atoms with Gasteiger partial charge in [0, 0.05) is 7.11 Å². The van der Waals surface area contributed by atoms with Gasteiger partial charge in [-0.25, -0.2) is 4.79 Å². The van der Waals surface area contributed by atoms with E-state index in [9.17, 15) is 4.79 Å². The van der Waals surface area contributed by atoms with Crippen molar-refractivity contribution >= 4 is 5.97 Å². The number of carbonyl (C=O) groups is 1. The molecule has 1 aliphatic heterocycles. The number of benzene rings is 2. The highest BCUT2D eigenvalue weighted by Gasteiger charge is 2.46. The standard InChI is InChI=1S/C20H22O5/c1-14-17(23-13-15-9-5-3-6-10-15)18(20(22-2)24-14)25-19(21)16-11-7-4-8-12-16/h3-12,14,17-18,20H,13H2,1-2H3/t14-,17-,18-,20?/m1/s1. The van der Waals surface area contributed by atoms with Crippen LogP contribution in [0.5, 0.6) is 0 Å². The lowest BCUT2D eigenvalue weighted by Gasteiger charge is -2.23. The number of carbonyl (C=O) groups excluding carboxylic acids is 1. The summed E-state index contributed by atoms with van der Waals surface area (Å²) in [5, 5.41) is 0. The Labute approximate surface area is 147 Å². The zero-order valence-corrected chi connectivity index (χ0v) is 14.3. The molecule has 25 heavy (non-hydrogen) atoms. The lowest BCUT2D eigenvalue weighted by atomic mass is 10.1. The summed E-state index contributed by atoms with van der Waals surface area (Å²) in [6.07, 6.45) is -1.93. The van der Waals surface area contributed by atoms with Gasteiger partial charge in [0.25, 0.3) is 0 Å². The van der Waals surface area contributed by atoms with E-state index in [0.717, 1.165) is 5.56 Å². The Morgan fingerprint density at radius 2 is 1.64 bits per heavy atom. The predicted octanol–water partition coefficient (Wildman–Crippen LogP) is 3.19. The molecule has 0 bridgehead atoms. The first kappa shape index (κ1) is 17.6. The summed E-state index contributed by atoms with van der Waals surface area (Å²) >= 11 is 0. The monoisotopic (exact) mass is 342 g/mol. The molecule has 5 heteroatoms. The summed E-state index contributed by atoms with van der Waals surface area (Å²) in [5.74, 6) is -0.418. The number of hydrogen-bond donors (Lipinski definition) is 0. The first-order valence-corrected chi connectivity index (χ1v) is 8.29. The van der Waals surface area contributed by atoms with Crippen LogP contribution in [0.3, 0.4) is 0 Å². The summed E-state index contributed by atoms with van der Waals surface area (Å²) in [6, 6.07) is 18.7. The van der Waals surface area contributed by atoms with Crippen LogP contribution >= 0.6 is 0 Å². The van der Waals surface area contributed by atoms with Gasteiger partial charge in [-0.2, -0.15) is 0 Å². The molecule has 1 saturated heterocycles. The van der Waals surface area contributed by atoms with Crippen LogP contribution in [0.1, 0.15) is 22.8 Å². The van der Waals surface area contributed by atoms with Crippen LogP contribution in [0, 0.1) is 0 Å². The van der Waals surface area contributed by atoms with Crippen molar-refractivity contribution in [2.24, 2.45) is 0 Å². The zero-order valence-electron chi connectivity index (χ0n) is 14.3. The molecular formula is C20H22O5. The normalized spacial score (nSPS) is 25.7. The fourth-order valence-corrected chi connectivity index (χ4v) is 2.86. The molecule has 4 atom stereocenters. The molecule has 0 radical (unpaired) electrons. The Hall–Kier alpha value is -2.21. The molecule has 1 aliphatic rings. The quantitative estimate of drug-likeness (QED) is 0.755. The Bertz CT molecular complexity index is 673. The Balaban J connectivity index is 1.69. The van der Waals surface area contributed by atoms with Crippen molar-refractivity contribution in [2.75, 3.05) is 7.11 Å². The summed E-state index contributed by atoms with van der Waals surface area (Å²) in [4.78, 5) is 12.4. The smallest absolute Gasteiger partial charge is 0.338 e. The molecule has 0 saturated carbocycles. The summed E-state index contributed by atoms with van der Waals surface area (Å²) in [7, 11) is 1.53. The van der Waals surface area contributed by atoms with E-state index in [1.165, 1.54) is 7.11 Å².